The minimum atomic E-state index is -0.705. The molecule has 0 unspecified atom stereocenters. The van der Waals surface area contributed by atoms with Crippen molar-refractivity contribution in [3.05, 3.63) is 92.7 Å². The molecule has 8 heteroatoms. The number of benzene rings is 1. The number of hydrogen-bond acceptors (Lipinski definition) is 4. The summed E-state index contributed by atoms with van der Waals surface area (Å²) in [6, 6.07) is 4.90. The van der Waals surface area contributed by atoms with E-state index in [0.717, 1.165) is 12.1 Å². The standard InChI is InChI=1S/C19H15BrF2N3O2/c1-11-7-24-15(8-23-11)9-25-12(2)5-17(18(20)19(25)26)27-10-13-3-4-14(21)6-16(13)22/h3-8H,1,9-10H2,2H3. The highest BCUT2D eigenvalue weighted by Gasteiger charge is 2.14. The van der Waals surface area contributed by atoms with E-state index in [1.54, 1.807) is 19.2 Å². The minimum absolute atomic E-state index is 0.135. The number of nitrogens with zero attached hydrogens (tertiary/aromatic N) is 3. The Morgan fingerprint density at radius 3 is 2.67 bits per heavy atom. The van der Waals surface area contributed by atoms with Gasteiger partial charge in [0.05, 0.1) is 24.1 Å². The summed E-state index contributed by atoms with van der Waals surface area (Å²) < 4.78 is 34.0. The first kappa shape index (κ1) is 19.2. The number of ether oxygens (including phenoxy) is 1. The SMILES string of the molecule is [CH2]c1cnc(Cn2c(C)cc(OCc3ccc(F)cc3F)c(Br)c2=O)cn1. The van der Waals surface area contributed by atoms with Crippen molar-refractivity contribution in [2.75, 3.05) is 0 Å². The maximum atomic E-state index is 13.7. The Kier molecular flexibility index (Phi) is 5.65. The van der Waals surface area contributed by atoms with Crippen LogP contribution in [0.25, 0.3) is 0 Å². The summed E-state index contributed by atoms with van der Waals surface area (Å²) in [5.41, 5.74) is 1.67. The molecule has 2 aromatic heterocycles. The summed E-state index contributed by atoms with van der Waals surface area (Å²) >= 11 is 3.24. The van der Waals surface area contributed by atoms with Crippen molar-refractivity contribution in [3.8, 4) is 5.75 Å². The number of hydrogen-bond donors (Lipinski definition) is 0. The van der Waals surface area contributed by atoms with Crippen molar-refractivity contribution in [3.63, 3.8) is 0 Å². The predicted molar refractivity (Wildman–Crippen MR) is 99.4 cm³/mol. The third-order valence-corrected chi connectivity index (χ3v) is 4.62. The van der Waals surface area contributed by atoms with E-state index in [1.165, 1.54) is 16.8 Å². The van der Waals surface area contributed by atoms with Crippen LogP contribution in [0, 0.1) is 25.5 Å². The second-order valence-electron chi connectivity index (χ2n) is 5.88. The Morgan fingerprint density at radius 2 is 2.00 bits per heavy atom. The fourth-order valence-electron chi connectivity index (χ4n) is 2.44. The molecule has 0 amide bonds. The molecule has 0 saturated carbocycles. The normalized spacial score (nSPS) is 10.9. The van der Waals surface area contributed by atoms with E-state index in [-0.39, 0.29) is 34.5 Å². The fraction of sp³-hybridized carbons (Fsp3) is 0.158. The number of pyridine rings is 1. The van der Waals surface area contributed by atoms with Crippen LogP contribution < -0.4 is 10.3 Å². The highest BCUT2D eigenvalue weighted by Crippen LogP contribution is 2.24. The largest absolute Gasteiger partial charge is 0.487 e. The molecule has 0 aliphatic heterocycles. The molecule has 2 heterocycles. The van der Waals surface area contributed by atoms with Gasteiger partial charge in [0.2, 0.25) is 0 Å². The molecule has 0 N–H and O–H groups in total. The van der Waals surface area contributed by atoms with Crippen LogP contribution in [0.5, 0.6) is 5.75 Å². The molecular weight excluding hydrogens is 420 g/mol. The van der Waals surface area contributed by atoms with Crippen molar-refractivity contribution in [2.24, 2.45) is 0 Å². The van der Waals surface area contributed by atoms with E-state index in [1.807, 2.05) is 0 Å². The Balaban J connectivity index is 1.83. The van der Waals surface area contributed by atoms with E-state index in [0.29, 0.717) is 17.1 Å². The smallest absolute Gasteiger partial charge is 0.269 e. The molecule has 139 valence electrons. The topological polar surface area (TPSA) is 57.0 Å². The summed E-state index contributed by atoms with van der Waals surface area (Å²) in [5.74, 6) is -1.09. The van der Waals surface area contributed by atoms with Crippen molar-refractivity contribution in [1.82, 2.24) is 14.5 Å². The van der Waals surface area contributed by atoms with Gasteiger partial charge in [0.25, 0.3) is 5.56 Å². The number of aryl methyl sites for hydroxylation is 1. The van der Waals surface area contributed by atoms with Gasteiger partial charge in [-0.25, -0.2) is 8.78 Å². The lowest BCUT2D eigenvalue weighted by molar-refractivity contribution is 0.295. The quantitative estimate of drug-likeness (QED) is 0.612. The number of rotatable bonds is 5. The van der Waals surface area contributed by atoms with Crippen molar-refractivity contribution < 1.29 is 13.5 Å². The molecule has 0 aliphatic rings. The van der Waals surface area contributed by atoms with Gasteiger partial charge in [-0.15, -0.1) is 0 Å². The monoisotopic (exact) mass is 434 g/mol. The molecule has 0 saturated heterocycles. The predicted octanol–water partition coefficient (Wildman–Crippen LogP) is 3.80. The van der Waals surface area contributed by atoms with Crippen molar-refractivity contribution in [1.29, 1.82) is 0 Å². The maximum Gasteiger partial charge on any atom is 0.269 e. The Hall–Kier alpha value is -2.61. The third-order valence-electron chi connectivity index (χ3n) is 3.89. The lowest BCUT2D eigenvalue weighted by Gasteiger charge is -2.14. The Morgan fingerprint density at radius 1 is 1.22 bits per heavy atom. The molecule has 1 radical (unpaired) electrons. The Bertz CT molecular complexity index is 1040. The van der Waals surface area contributed by atoms with Gasteiger partial charge in [-0.3, -0.25) is 14.8 Å². The average Bonchev–Trinajstić information content (AvgIpc) is 2.63. The number of aromatic nitrogens is 3. The Labute approximate surface area is 162 Å². The van der Waals surface area contributed by atoms with Gasteiger partial charge in [-0.1, -0.05) is 0 Å². The maximum absolute atomic E-state index is 13.7. The van der Waals surface area contributed by atoms with Gasteiger partial charge < -0.3 is 9.30 Å². The molecule has 27 heavy (non-hydrogen) atoms. The molecule has 3 rings (SSSR count). The average molecular weight is 435 g/mol. The van der Waals surface area contributed by atoms with Gasteiger partial charge >= 0.3 is 0 Å². The van der Waals surface area contributed by atoms with Crippen LogP contribution in [0.3, 0.4) is 0 Å². The van der Waals surface area contributed by atoms with Crippen LogP contribution in [0.15, 0.2) is 45.9 Å². The molecule has 0 spiro atoms. The minimum Gasteiger partial charge on any atom is -0.487 e. The van der Waals surface area contributed by atoms with Crippen LogP contribution >= 0.6 is 15.9 Å². The molecule has 0 bridgehead atoms. The van der Waals surface area contributed by atoms with Crippen molar-refractivity contribution >= 4 is 15.9 Å². The second kappa shape index (κ2) is 7.96. The first-order valence-electron chi connectivity index (χ1n) is 7.94. The lowest BCUT2D eigenvalue weighted by atomic mass is 10.2. The van der Waals surface area contributed by atoms with Gasteiger partial charge in [-0.2, -0.15) is 0 Å². The summed E-state index contributed by atoms with van der Waals surface area (Å²) in [4.78, 5) is 20.9. The molecule has 0 aliphatic carbocycles. The van der Waals surface area contributed by atoms with Crippen molar-refractivity contribution in [2.45, 2.75) is 20.1 Å². The lowest BCUT2D eigenvalue weighted by Crippen LogP contribution is -2.24. The van der Waals surface area contributed by atoms with E-state index >= 15 is 0 Å². The van der Waals surface area contributed by atoms with Crippen LogP contribution in [0.2, 0.25) is 0 Å². The summed E-state index contributed by atoms with van der Waals surface area (Å²) in [7, 11) is 0. The summed E-state index contributed by atoms with van der Waals surface area (Å²) in [5, 5.41) is 0. The van der Waals surface area contributed by atoms with E-state index in [2.05, 4.69) is 32.8 Å². The van der Waals surface area contributed by atoms with E-state index in [9.17, 15) is 13.6 Å². The van der Waals surface area contributed by atoms with Crippen LogP contribution in [0.1, 0.15) is 22.6 Å². The van der Waals surface area contributed by atoms with Gasteiger partial charge in [-0.05, 0) is 41.9 Å². The molecule has 5 nitrogen and oxygen atoms in total. The van der Waals surface area contributed by atoms with E-state index in [4.69, 9.17) is 4.74 Å². The molecular formula is C19H15BrF2N3O2. The fourth-order valence-corrected chi connectivity index (χ4v) is 2.88. The zero-order valence-corrected chi connectivity index (χ0v) is 16.0. The van der Waals surface area contributed by atoms with Crippen LogP contribution in [-0.2, 0) is 13.2 Å². The first-order chi connectivity index (χ1) is 12.8. The molecule has 0 fully saturated rings. The highest BCUT2D eigenvalue weighted by molar-refractivity contribution is 9.10. The van der Waals surface area contributed by atoms with E-state index < -0.39 is 11.6 Å². The zero-order chi connectivity index (χ0) is 19.6. The molecule has 1 aromatic carbocycles. The summed E-state index contributed by atoms with van der Waals surface area (Å²) in [6.07, 6.45) is 3.09. The third kappa shape index (κ3) is 4.39. The van der Waals surface area contributed by atoms with Gasteiger partial charge in [0.1, 0.15) is 28.5 Å². The second-order valence-corrected chi connectivity index (χ2v) is 6.67. The van der Waals surface area contributed by atoms with Gasteiger partial charge in [0.15, 0.2) is 0 Å². The molecule has 0 atom stereocenters. The molecule has 3 aromatic rings. The summed E-state index contributed by atoms with van der Waals surface area (Å²) in [6.45, 7) is 5.53. The highest BCUT2D eigenvalue weighted by atomic mass is 79.9. The number of halogens is 3. The van der Waals surface area contributed by atoms with Gasteiger partial charge in [0, 0.05) is 29.6 Å². The first-order valence-corrected chi connectivity index (χ1v) is 8.74. The van der Waals surface area contributed by atoms with Crippen LogP contribution in [0.4, 0.5) is 8.78 Å². The van der Waals surface area contributed by atoms with Crippen LogP contribution in [-0.4, -0.2) is 14.5 Å². The zero-order valence-electron chi connectivity index (χ0n) is 14.4.